The Labute approximate surface area is 162 Å². The van der Waals surface area contributed by atoms with E-state index < -0.39 is 23.9 Å². The van der Waals surface area contributed by atoms with Gasteiger partial charge in [-0.15, -0.1) is 0 Å². The maximum atomic E-state index is 12.7. The highest BCUT2D eigenvalue weighted by Crippen LogP contribution is 2.29. The van der Waals surface area contributed by atoms with Crippen LogP contribution in [0.4, 0.5) is 18.0 Å². The number of halogens is 3. The summed E-state index contributed by atoms with van der Waals surface area (Å²) >= 11 is 0. The lowest BCUT2D eigenvalue weighted by Gasteiger charge is -2.17. The van der Waals surface area contributed by atoms with Crippen molar-refractivity contribution in [1.29, 1.82) is 0 Å². The number of carbonyl (C=O) groups excluding carboxylic acids is 1. The van der Waals surface area contributed by atoms with Gasteiger partial charge in [0, 0.05) is 6.54 Å². The SMILES string of the molecule is CCC(COCc1cccc(C(F)(F)F)c1)OC(=O)NCCc1ccccc1. The molecule has 1 unspecified atom stereocenters. The van der Waals surface area contributed by atoms with Gasteiger partial charge in [-0.1, -0.05) is 49.4 Å². The predicted molar refractivity (Wildman–Crippen MR) is 99.8 cm³/mol. The second-order valence-corrected chi connectivity index (χ2v) is 6.31. The average Bonchev–Trinajstić information content (AvgIpc) is 2.67. The van der Waals surface area contributed by atoms with Crippen molar-refractivity contribution >= 4 is 6.09 Å². The molecule has 0 fully saturated rings. The number of carbonyl (C=O) groups is 1. The molecule has 152 valence electrons. The summed E-state index contributed by atoms with van der Waals surface area (Å²) in [4.78, 5) is 11.9. The topological polar surface area (TPSA) is 47.6 Å². The molecule has 28 heavy (non-hydrogen) atoms. The maximum Gasteiger partial charge on any atom is 0.416 e. The molecular formula is C21H24F3NO3. The average molecular weight is 395 g/mol. The van der Waals surface area contributed by atoms with Crippen molar-refractivity contribution in [2.45, 2.75) is 38.7 Å². The lowest BCUT2D eigenvalue weighted by molar-refractivity contribution is -0.137. The third-order valence-electron chi connectivity index (χ3n) is 4.08. The Kier molecular flexibility index (Phi) is 8.32. The van der Waals surface area contributed by atoms with Gasteiger partial charge >= 0.3 is 12.3 Å². The number of hydrogen-bond acceptors (Lipinski definition) is 3. The minimum Gasteiger partial charge on any atom is -0.444 e. The van der Waals surface area contributed by atoms with Crippen molar-refractivity contribution in [3.63, 3.8) is 0 Å². The first-order valence-electron chi connectivity index (χ1n) is 9.10. The zero-order valence-corrected chi connectivity index (χ0v) is 15.7. The van der Waals surface area contributed by atoms with Crippen molar-refractivity contribution in [1.82, 2.24) is 5.32 Å². The molecule has 1 atom stereocenters. The van der Waals surface area contributed by atoms with Gasteiger partial charge in [0.15, 0.2) is 0 Å². The van der Waals surface area contributed by atoms with E-state index in [1.165, 1.54) is 6.07 Å². The highest BCUT2D eigenvalue weighted by molar-refractivity contribution is 5.67. The minimum atomic E-state index is -4.39. The number of alkyl halides is 3. The number of ether oxygens (including phenoxy) is 2. The van der Waals surface area contributed by atoms with E-state index >= 15 is 0 Å². The summed E-state index contributed by atoms with van der Waals surface area (Å²) in [6.45, 7) is 2.41. The Balaban J connectivity index is 1.71. The number of benzene rings is 2. The van der Waals surface area contributed by atoms with Crippen LogP contribution in [0.25, 0.3) is 0 Å². The van der Waals surface area contributed by atoms with Gasteiger partial charge in [0.25, 0.3) is 0 Å². The standard InChI is InChI=1S/C21H24F3NO3/c1-2-19(28-20(26)25-12-11-16-7-4-3-5-8-16)15-27-14-17-9-6-10-18(13-17)21(22,23)24/h3-10,13,19H,2,11-12,14-15H2,1H3,(H,25,26). The number of rotatable bonds is 9. The summed E-state index contributed by atoms with van der Waals surface area (Å²) in [6, 6.07) is 14.7. The van der Waals surface area contributed by atoms with Gasteiger partial charge in [-0.05, 0) is 36.1 Å². The normalized spacial score (nSPS) is 12.4. The summed E-state index contributed by atoms with van der Waals surface area (Å²) in [5.74, 6) is 0. The largest absolute Gasteiger partial charge is 0.444 e. The van der Waals surface area contributed by atoms with Crippen molar-refractivity contribution in [3.8, 4) is 0 Å². The molecule has 0 aliphatic rings. The third-order valence-corrected chi connectivity index (χ3v) is 4.08. The van der Waals surface area contributed by atoms with E-state index in [4.69, 9.17) is 9.47 Å². The van der Waals surface area contributed by atoms with Gasteiger partial charge in [0.1, 0.15) is 6.10 Å². The first-order valence-corrected chi connectivity index (χ1v) is 9.10. The number of nitrogens with one attached hydrogen (secondary N) is 1. The summed E-state index contributed by atoms with van der Waals surface area (Å²) in [7, 11) is 0. The summed E-state index contributed by atoms with van der Waals surface area (Å²) in [5.41, 5.74) is 0.811. The molecule has 0 bridgehead atoms. The molecule has 0 radical (unpaired) electrons. The Morgan fingerprint density at radius 2 is 1.79 bits per heavy atom. The van der Waals surface area contributed by atoms with Crippen LogP contribution in [0.1, 0.15) is 30.0 Å². The van der Waals surface area contributed by atoms with Crippen LogP contribution >= 0.6 is 0 Å². The second-order valence-electron chi connectivity index (χ2n) is 6.31. The van der Waals surface area contributed by atoms with Crippen LogP contribution in [0, 0.1) is 0 Å². The van der Waals surface area contributed by atoms with E-state index in [0.717, 1.165) is 17.7 Å². The van der Waals surface area contributed by atoms with E-state index in [1.54, 1.807) is 6.07 Å². The van der Waals surface area contributed by atoms with Crippen LogP contribution in [0.3, 0.4) is 0 Å². The van der Waals surface area contributed by atoms with E-state index in [0.29, 0.717) is 24.9 Å². The molecule has 0 spiro atoms. The molecule has 2 aromatic rings. The number of hydrogen-bond donors (Lipinski definition) is 1. The molecule has 0 heterocycles. The Bertz CT molecular complexity index is 735. The van der Waals surface area contributed by atoms with Crippen molar-refractivity contribution in [2.75, 3.05) is 13.2 Å². The molecule has 2 aromatic carbocycles. The molecule has 0 aliphatic heterocycles. The first-order chi connectivity index (χ1) is 13.4. The Morgan fingerprint density at radius 3 is 2.46 bits per heavy atom. The fourth-order valence-electron chi connectivity index (χ4n) is 2.53. The van der Waals surface area contributed by atoms with Gasteiger partial charge in [0.05, 0.1) is 18.8 Å². The van der Waals surface area contributed by atoms with E-state index in [2.05, 4.69) is 5.32 Å². The Hall–Kier alpha value is -2.54. The van der Waals surface area contributed by atoms with Crippen LogP contribution in [0.15, 0.2) is 54.6 Å². The van der Waals surface area contributed by atoms with Crippen molar-refractivity contribution in [3.05, 3.63) is 71.3 Å². The van der Waals surface area contributed by atoms with Crippen molar-refractivity contribution < 1.29 is 27.4 Å². The molecule has 0 saturated heterocycles. The van der Waals surface area contributed by atoms with Crippen LogP contribution < -0.4 is 5.32 Å². The van der Waals surface area contributed by atoms with Gasteiger partial charge in [-0.25, -0.2) is 4.79 Å². The molecule has 0 aromatic heterocycles. The van der Waals surface area contributed by atoms with Crippen LogP contribution in [0.2, 0.25) is 0 Å². The molecule has 1 amide bonds. The van der Waals surface area contributed by atoms with Crippen LogP contribution in [-0.4, -0.2) is 25.3 Å². The third kappa shape index (κ3) is 7.60. The minimum absolute atomic E-state index is 0.0133. The molecule has 2 rings (SSSR count). The fourth-order valence-corrected chi connectivity index (χ4v) is 2.53. The van der Waals surface area contributed by atoms with Crippen LogP contribution in [-0.2, 0) is 28.7 Å². The molecule has 0 saturated carbocycles. The second kappa shape index (κ2) is 10.7. The number of alkyl carbamates (subject to hydrolysis) is 1. The number of amides is 1. The lowest BCUT2D eigenvalue weighted by Crippen LogP contribution is -2.32. The fraction of sp³-hybridized carbons (Fsp3) is 0.381. The maximum absolute atomic E-state index is 12.7. The monoisotopic (exact) mass is 395 g/mol. The van der Waals surface area contributed by atoms with E-state index in [9.17, 15) is 18.0 Å². The molecule has 4 nitrogen and oxygen atoms in total. The Morgan fingerprint density at radius 1 is 1.07 bits per heavy atom. The highest BCUT2D eigenvalue weighted by Gasteiger charge is 2.30. The summed E-state index contributed by atoms with van der Waals surface area (Å²) < 4.78 is 48.9. The van der Waals surface area contributed by atoms with Crippen LogP contribution in [0.5, 0.6) is 0 Å². The molecular weight excluding hydrogens is 371 g/mol. The summed E-state index contributed by atoms with van der Waals surface area (Å²) in [5, 5.41) is 2.69. The highest BCUT2D eigenvalue weighted by atomic mass is 19.4. The first kappa shape index (κ1) is 21.8. The van der Waals surface area contributed by atoms with E-state index in [-0.39, 0.29) is 13.2 Å². The van der Waals surface area contributed by atoms with Crippen molar-refractivity contribution in [2.24, 2.45) is 0 Å². The smallest absolute Gasteiger partial charge is 0.416 e. The lowest BCUT2D eigenvalue weighted by atomic mass is 10.1. The zero-order valence-electron chi connectivity index (χ0n) is 15.7. The quantitative estimate of drug-likeness (QED) is 0.652. The van der Waals surface area contributed by atoms with Gasteiger partial charge in [-0.3, -0.25) is 0 Å². The predicted octanol–water partition coefficient (Wildman–Crippen LogP) is 4.97. The van der Waals surface area contributed by atoms with Gasteiger partial charge < -0.3 is 14.8 Å². The van der Waals surface area contributed by atoms with E-state index in [1.807, 2.05) is 37.3 Å². The van der Waals surface area contributed by atoms with Gasteiger partial charge in [-0.2, -0.15) is 13.2 Å². The zero-order chi connectivity index (χ0) is 20.4. The molecule has 7 heteroatoms. The molecule has 1 N–H and O–H groups in total. The molecule has 0 aliphatic carbocycles. The van der Waals surface area contributed by atoms with Gasteiger partial charge in [0.2, 0.25) is 0 Å². The summed E-state index contributed by atoms with van der Waals surface area (Å²) in [6.07, 6.45) is -4.16.